The van der Waals surface area contributed by atoms with Crippen LogP contribution in [0, 0.1) is 0 Å². The molecule has 1 aliphatic carbocycles. The van der Waals surface area contributed by atoms with Crippen molar-refractivity contribution in [2.24, 2.45) is 0 Å². The lowest BCUT2D eigenvalue weighted by Gasteiger charge is -2.40. The van der Waals surface area contributed by atoms with Crippen molar-refractivity contribution in [2.75, 3.05) is 0 Å². The zero-order chi connectivity index (χ0) is 20.7. The number of H-pyrrole nitrogens is 1. The lowest BCUT2D eigenvalue weighted by atomic mass is 9.85. The average Bonchev–Trinajstić information content (AvgIpc) is 3.21. The third-order valence-corrected chi connectivity index (χ3v) is 6.56. The number of para-hydroxylation sites is 1. The van der Waals surface area contributed by atoms with Gasteiger partial charge >= 0.3 is 0 Å². The maximum Gasteiger partial charge on any atom is 0.272 e. The number of carbonyl (C=O) groups excluding carboxylic acids is 1. The summed E-state index contributed by atoms with van der Waals surface area (Å²) in [5, 5.41) is 11.3. The van der Waals surface area contributed by atoms with Crippen LogP contribution in [0.5, 0.6) is 5.75 Å². The van der Waals surface area contributed by atoms with E-state index in [1.165, 1.54) is 0 Å². The monoisotopic (exact) mass is 403 g/mol. The summed E-state index contributed by atoms with van der Waals surface area (Å²) in [5.41, 5.74) is 1.18. The van der Waals surface area contributed by atoms with Gasteiger partial charge in [0.05, 0.1) is 23.0 Å². The number of benzene rings is 2. The van der Waals surface area contributed by atoms with E-state index in [1.807, 2.05) is 49.4 Å². The number of nitrogens with one attached hydrogen (secondary N) is 2. The molecule has 1 amide bonds. The van der Waals surface area contributed by atoms with Gasteiger partial charge in [-0.15, -0.1) is 0 Å². The lowest BCUT2D eigenvalue weighted by Crippen LogP contribution is -2.44. The molecule has 2 aliphatic rings. The van der Waals surface area contributed by atoms with Crippen molar-refractivity contribution < 1.29 is 9.53 Å². The van der Waals surface area contributed by atoms with Crippen LogP contribution in [0.1, 0.15) is 62.2 Å². The van der Waals surface area contributed by atoms with E-state index in [0.29, 0.717) is 16.5 Å². The first-order valence-electron chi connectivity index (χ1n) is 10.6. The molecule has 2 N–H and O–H groups in total. The zero-order valence-corrected chi connectivity index (χ0v) is 17.0. The number of ether oxygens (including phenoxy) is 1. The van der Waals surface area contributed by atoms with Gasteiger partial charge in [-0.1, -0.05) is 36.4 Å². The Morgan fingerprint density at radius 2 is 1.83 bits per heavy atom. The normalized spacial score (nSPS) is 20.5. The number of aromatic nitrogens is 2. The minimum Gasteiger partial charge on any atom is -0.487 e. The van der Waals surface area contributed by atoms with Crippen LogP contribution in [0.25, 0.3) is 10.8 Å². The van der Waals surface area contributed by atoms with E-state index in [0.717, 1.165) is 43.4 Å². The standard InChI is InChI=1S/C24H25N3O3/c1-15(21-16-8-2-3-9-17(16)23(29)27-26-21)22(28)25-19-14-24(12-6-7-13-24)30-20-11-5-4-10-18(19)20/h2-5,8-11,15,19H,6-7,12-14H2,1H3,(H,25,28)(H,27,29)/t15-,19+/m1/s1. The van der Waals surface area contributed by atoms with Crippen LogP contribution in [0.3, 0.4) is 0 Å². The second-order valence-electron chi connectivity index (χ2n) is 8.50. The number of hydrogen-bond donors (Lipinski definition) is 2. The van der Waals surface area contributed by atoms with Crippen molar-refractivity contribution in [3.63, 3.8) is 0 Å². The Balaban J connectivity index is 1.45. The minimum absolute atomic E-state index is 0.1000. The van der Waals surface area contributed by atoms with E-state index in [9.17, 15) is 9.59 Å². The van der Waals surface area contributed by atoms with E-state index in [4.69, 9.17) is 4.74 Å². The van der Waals surface area contributed by atoms with E-state index < -0.39 is 5.92 Å². The fourth-order valence-electron chi connectivity index (χ4n) is 4.96. The van der Waals surface area contributed by atoms with Gasteiger partial charge in [0.15, 0.2) is 0 Å². The fraction of sp³-hybridized carbons (Fsp3) is 0.375. The SMILES string of the molecule is C[C@@H](C(=O)N[C@H]1CC2(CCCC2)Oc2ccccc21)c1n[nH]c(=O)c2ccccc12. The Morgan fingerprint density at radius 3 is 2.63 bits per heavy atom. The van der Waals surface area contributed by atoms with Crippen LogP contribution in [-0.2, 0) is 4.79 Å². The molecule has 6 heteroatoms. The highest BCUT2D eigenvalue weighted by Crippen LogP contribution is 2.47. The molecular formula is C24H25N3O3. The van der Waals surface area contributed by atoms with Gasteiger partial charge in [0.1, 0.15) is 11.4 Å². The molecule has 3 aromatic rings. The number of fused-ring (bicyclic) bond motifs is 2. The summed E-state index contributed by atoms with van der Waals surface area (Å²) < 4.78 is 6.40. The molecule has 0 radical (unpaired) electrons. The second-order valence-corrected chi connectivity index (χ2v) is 8.50. The van der Waals surface area contributed by atoms with Gasteiger partial charge in [0.25, 0.3) is 5.56 Å². The summed E-state index contributed by atoms with van der Waals surface area (Å²) in [5.74, 6) is 0.270. The molecule has 1 aliphatic heterocycles. The third-order valence-electron chi connectivity index (χ3n) is 6.56. The summed E-state index contributed by atoms with van der Waals surface area (Å²) >= 11 is 0. The molecule has 2 aromatic carbocycles. The quantitative estimate of drug-likeness (QED) is 0.693. The number of hydrogen-bond acceptors (Lipinski definition) is 4. The molecule has 0 bridgehead atoms. The highest BCUT2D eigenvalue weighted by atomic mass is 16.5. The first-order valence-corrected chi connectivity index (χ1v) is 10.6. The van der Waals surface area contributed by atoms with Crippen LogP contribution < -0.4 is 15.6 Å². The Labute approximate surface area is 174 Å². The Kier molecular flexibility index (Phi) is 4.57. The Hall–Kier alpha value is -3.15. The highest BCUT2D eigenvalue weighted by molar-refractivity contribution is 5.91. The van der Waals surface area contributed by atoms with Crippen LogP contribution in [0.4, 0.5) is 0 Å². The van der Waals surface area contributed by atoms with Crippen LogP contribution in [0.15, 0.2) is 53.3 Å². The maximum absolute atomic E-state index is 13.3. The summed E-state index contributed by atoms with van der Waals surface area (Å²) in [7, 11) is 0. The van der Waals surface area contributed by atoms with Gasteiger partial charge in [-0.3, -0.25) is 9.59 Å². The van der Waals surface area contributed by atoms with Crippen molar-refractivity contribution in [3.8, 4) is 5.75 Å². The lowest BCUT2D eigenvalue weighted by molar-refractivity contribution is -0.123. The van der Waals surface area contributed by atoms with E-state index in [-0.39, 0.29) is 23.1 Å². The second kappa shape index (κ2) is 7.27. The van der Waals surface area contributed by atoms with Gasteiger partial charge in [-0.2, -0.15) is 5.10 Å². The predicted molar refractivity (Wildman–Crippen MR) is 115 cm³/mol. The molecule has 5 rings (SSSR count). The van der Waals surface area contributed by atoms with Crippen LogP contribution >= 0.6 is 0 Å². The number of rotatable bonds is 3. The first kappa shape index (κ1) is 18.9. The van der Waals surface area contributed by atoms with Gasteiger partial charge in [-0.25, -0.2) is 5.10 Å². The Bertz CT molecular complexity index is 1160. The van der Waals surface area contributed by atoms with Crippen molar-refractivity contribution in [1.29, 1.82) is 0 Å². The Morgan fingerprint density at radius 1 is 1.13 bits per heavy atom. The van der Waals surface area contributed by atoms with Crippen LogP contribution in [0.2, 0.25) is 0 Å². The molecule has 154 valence electrons. The molecule has 6 nitrogen and oxygen atoms in total. The predicted octanol–water partition coefficient (Wildman–Crippen LogP) is 3.98. The first-order chi connectivity index (χ1) is 14.6. The molecule has 0 saturated heterocycles. The van der Waals surface area contributed by atoms with E-state index in [2.05, 4.69) is 15.5 Å². The van der Waals surface area contributed by atoms with Crippen molar-refractivity contribution in [2.45, 2.75) is 56.6 Å². The van der Waals surface area contributed by atoms with Gasteiger partial charge in [-0.05, 0) is 44.7 Å². The maximum atomic E-state index is 13.3. The molecule has 30 heavy (non-hydrogen) atoms. The minimum atomic E-state index is -0.499. The number of aromatic amines is 1. The zero-order valence-electron chi connectivity index (χ0n) is 17.0. The number of carbonyl (C=O) groups is 1. The van der Waals surface area contributed by atoms with Crippen molar-refractivity contribution >= 4 is 16.7 Å². The summed E-state index contributed by atoms with van der Waals surface area (Å²) in [6.07, 6.45) is 5.14. The van der Waals surface area contributed by atoms with Gasteiger partial charge in [0.2, 0.25) is 5.91 Å². The number of amides is 1. The fourth-order valence-corrected chi connectivity index (χ4v) is 4.96. The smallest absolute Gasteiger partial charge is 0.272 e. The summed E-state index contributed by atoms with van der Waals surface area (Å²) in [6, 6.07) is 15.1. The topological polar surface area (TPSA) is 84.1 Å². The van der Waals surface area contributed by atoms with E-state index in [1.54, 1.807) is 6.07 Å². The molecule has 2 heterocycles. The molecular weight excluding hydrogens is 378 g/mol. The highest BCUT2D eigenvalue weighted by Gasteiger charge is 2.43. The average molecular weight is 403 g/mol. The van der Waals surface area contributed by atoms with Crippen molar-refractivity contribution in [3.05, 3.63) is 70.1 Å². The van der Waals surface area contributed by atoms with E-state index >= 15 is 0 Å². The number of nitrogens with zero attached hydrogens (tertiary/aromatic N) is 1. The van der Waals surface area contributed by atoms with Gasteiger partial charge in [0, 0.05) is 17.4 Å². The molecule has 2 atom stereocenters. The molecule has 1 saturated carbocycles. The molecule has 1 spiro atoms. The van der Waals surface area contributed by atoms with Gasteiger partial charge < -0.3 is 10.1 Å². The molecule has 1 aromatic heterocycles. The third kappa shape index (κ3) is 3.16. The largest absolute Gasteiger partial charge is 0.487 e. The van der Waals surface area contributed by atoms with Crippen molar-refractivity contribution in [1.82, 2.24) is 15.5 Å². The van der Waals surface area contributed by atoms with Crippen LogP contribution in [-0.4, -0.2) is 21.7 Å². The molecule has 1 fully saturated rings. The summed E-state index contributed by atoms with van der Waals surface area (Å²) in [4.78, 5) is 25.4. The summed E-state index contributed by atoms with van der Waals surface area (Å²) in [6.45, 7) is 1.83. The molecule has 0 unspecified atom stereocenters.